The Kier molecular flexibility index (Phi) is 15.0. The monoisotopic (exact) mass is 822 g/mol. The number of hydrogen-bond acceptors (Lipinski definition) is 13. The molecular weight excluding hydrogens is 769 g/mol. The van der Waals surface area contributed by atoms with Gasteiger partial charge < -0.3 is 46.5 Å². The molecule has 56 heavy (non-hydrogen) atoms. The standard InChI is InChI=1S/C38H51N3O12S2.H3N/c1-5-7-18-38(6-2)23-54(46,47)30-17-16-27(41(3)4)20-28(30)31(35(38)44)25-14-11-15-26(19-25)39-37(45)40-36-33(43)34(51-21-24-12-9-8-10-13-24)32(42)29(53-36)22-52-55(48,49)50;/h8-17,19-20,29,31-36,42-44H,5-7,18,21-23H2,1-4H3,(H2,39,40,45)(H,48,49,50);1H3/t29-,31-,32-,33-,34+,35-,36-,38-;/m1./s1. The molecule has 0 bridgehead atoms. The number of nitrogens with one attached hydrogen (secondary N) is 2. The Balaban J connectivity index is 0.00000696. The van der Waals surface area contributed by atoms with Gasteiger partial charge in [-0.15, -0.1) is 0 Å². The molecule has 2 aliphatic rings. The molecule has 2 heterocycles. The lowest BCUT2D eigenvalue weighted by molar-refractivity contribution is -0.246. The molecule has 2 amide bonds. The van der Waals surface area contributed by atoms with E-state index in [1.54, 1.807) is 72.8 Å². The highest BCUT2D eigenvalue weighted by Gasteiger charge is 2.49. The normalized spacial score (nSPS) is 27.2. The van der Waals surface area contributed by atoms with Crippen LogP contribution in [0.2, 0.25) is 0 Å². The Labute approximate surface area is 328 Å². The molecule has 16 nitrogen and oxygen atoms in total. The number of urea groups is 1. The zero-order valence-corrected chi connectivity index (χ0v) is 33.6. The third-order valence-electron chi connectivity index (χ3n) is 10.5. The lowest BCUT2D eigenvalue weighted by atomic mass is 9.69. The van der Waals surface area contributed by atoms with Gasteiger partial charge >= 0.3 is 16.4 Å². The molecule has 0 aromatic heterocycles. The molecule has 0 saturated carbocycles. The van der Waals surface area contributed by atoms with Crippen LogP contribution in [0, 0.1) is 5.41 Å². The third kappa shape index (κ3) is 10.4. The maximum Gasteiger partial charge on any atom is 0.397 e. The van der Waals surface area contributed by atoms with Crippen molar-refractivity contribution in [3.63, 3.8) is 0 Å². The molecule has 5 rings (SSSR count). The van der Waals surface area contributed by atoms with E-state index in [0.717, 1.165) is 18.5 Å². The van der Waals surface area contributed by atoms with E-state index < -0.39 is 81.0 Å². The van der Waals surface area contributed by atoms with Crippen LogP contribution >= 0.6 is 0 Å². The number of nitrogens with zero attached hydrogens (tertiary/aromatic N) is 1. The van der Waals surface area contributed by atoms with Crippen molar-refractivity contribution in [3.05, 3.63) is 89.5 Å². The number of ether oxygens (including phenoxy) is 2. The van der Waals surface area contributed by atoms with Gasteiger partial charge in [0.25, 0.3) is 0 Å². The molecule has 3 aromatic rings. The number of anilines is 2. The number of rotatable bonds is 14. The van der Waals surface area contributed by atoms with Crippen molar-refractivity contribution in [1.29, 1.82) is 0 Å². The van der Waals surface area contributed by atoms with Gasteiger partial charge in [0, 0.05) is 36.8 Å². The Morgan fingerprint density at radius 1 is 1.00 bits per heavy atom. The Morgan fingerprint density at radius 2 is 1.71 bits per heavy atom. The second-order valence-electron chi connectivity index (χ2n) is 14.4. The summed E-state index contributed by atoms with van der Waals surface area (Å²) in [4.78, 5) is 15.5. The van der Waals surface area contributed by atoms with Crippen molar-refractivity contribution in [3.8, 4) is 0 Å². The number of hydrogen-bond donors (Lipinski definition) is 7. The SMILES string of the molecule is CCCC[C@]1(CC)CS(=O)(=O)c2ccc(N(C)C)cc2[C@@H](c2cccc(NC(=O)N[C@@H]3O[C@H](COS(=O)(=O)O)[C@@H](O)[C@H](OCc4ccccc4)[C@H]3O)c2)[C@H]1O.N. The first-order valence-electron chi connectivity index (χ1n) is 18.2. The molecule has 3 aromatic carbocycles. The Morgan fingerprint density at radius 3 is 2.36 bits per heavy atom. The number of fused-ring (bicyclic) bond motifs is 1. The predicted molar refractivity (Wildman–Crippen MR) is 210 cm³/mol. The van der Waals surface area contributed by atoms with Gasteiger partial charge in [0.2, 0.25) is 0 Å². The summed E-state index contributed by atoms with van der Waals surface area (Å²) in [5.41, 5.74) is 1.78. The van der Waals surface area contributed by atoms with Crippen molar-refractivity contribution >= 4 is 37.6 Å². The fourth-order valence-corrected chi connectivity index (χ4v) is 9.98. The van der Waals surface area contributed by atoms with Crippen LogP contribution in [0.1, 0.15) is 62.1 Å². The maximum absolute atomic E-state index is 14.0. The summed E-state index contributed by atoms with van der Waals surface area (Å²) < 4.78 is 75.7. The molecular formula is C38H54N4O12S2. The minimum absolute atomic E-state index is 0. The quantitative estimate of drug-likeness (QED) is 0.114. The zero-order valence-electron chi connectivity index (χ0n) is 31.9. The Hall–Kier alpha value is -3.69. The van der Waals surface area contributed by atoms with E-state index in [2.05, 4.69) is 14.8 Å². The molecule has 9 N–H and O–H groups in total. The minimum Gasteiger partial charge on any atom is -0.392 e. The lowest BCUT2D eigenvalue weighted by Crippen LogP contribution is -2.64. The van der Waals surface area contributed by atoms with E-state index in [1.165, 1.54) is 0 Å². The van der Waals surface area contributed by atoms with Gasteiger partial charge in [-0.1, -0.05) is 69.2 Å². The summed E-state index contributed by atoms with van der Waals surface area (Å²) in [6, 6.07) is 19.8. The highest BCUT2D eigenvalue weighted by molar-refractivity contribution is 7.91. The van der Waals surface area contributed by atoms with E-state index in [-0.39, 0.29) is 29.1 Å². The first kappa shape index (κ1) is 45.0. The van der Waals surface area contributed by atoms with E-state index in [4.69, 9.17) is 14.0 Å². The second kappa shape index (κ2) is 18.7. The smallest absolute Gasteiger partial charge is 0.392 e. The van der Waals surface area contributed by atoms with Crippen LogP contribution in [0.5, 0.6) is 0 Å². The van der Waals surface area contributed by atoms with Crippen molar-refractivity contribution < 1.29 is 55.2 Å². The van der Waals surface area contributed by atoms with E-state index >= 15 is 0 Å². The molecule has 1 fully saturated rings. The highest BCUT2D eigenvalue weighted by Crippen LogP contribution is 2.49. The van der Waals surface area contributed by atoms with Crippen molar-refractivity contribution in [2.45, 2.75) is 93.7 Å². The molecule has 0 radical (unpaired) electrons. The fourth-order valence-electron chi connectivity index (χ4n) is 7.42. The summed E-state index contributed by atoms with van der Waals surface area (Å²) in [5, 5.41) is 39.7. The van der Waals surface area contributed by atoms with Crippen molar-refractivity contribution in [1.82, 2.24) is 11.5 Å². The van der Waals surface area contributed by atoms with Gasteiger partial charge in [-0.3, -0.25) is 4.55 Å². The van der Waals surface area contributed by atoms with Gasteiger partial charge in [-0.2, -0.15) is 8.42 Å². The number of benzene rings is 3. The molecule has 18 heteroatoms. The minimum atomic E-state index is -4.93. The third-order valence-corrected chi connectivity index (χ3v) is 12.9. The zero-order chi connectivity index (χ0) is 40.1. The van der Waals surface area contributed by atoms with Crippen LogP contribution in [0.15, 0.2) is 77.7 Å². The topological polar surface area (TPSA) is 256 Å². The van der Waals surface area contributed by atoms with E-state index in [9.17, 15) is 36.9 Å². The average molecular weight is 823 g/mol. The number of aliphatic hydroxyl groups is 3. The van der Waals surface area contributed by atoms with Crippen LogP contribution in [-0.4, -0.2) is 106 Å². The molecule has 310 valence electrons. The van der Waals surface area contributed by atoms with Crippen LogP contribution in [-0.2, 0) is 40.5 Å². The van der Waals surface area contributed by atoms with Gasteiger partial charge in [0.05, 0.1) is 30.0 Å². The van der Waals surface area contributed by atoms with Crippen molar-refractivity contribution in [2.24, 2.45) is 5.41 Å². The summed E-state index contributed by atoms with van der Waals surface area (Å²) in [6.07, 6.45) is -6.32. The maximum atomic E-state index is 14.0. The number of amides is 2. The largest absolute Gasteiger partial charge is 0.397 e. The second-order valence-corrected chi connectivity index (χ2v) is 17.4. The first-order valence-corrected chi connectivity index (χ1v) is 21.2. The predicted octanol–water partition coefficient (Wildman–Crippen LogP) is 3.75. The molecule has 0 spiro atoms. The van der Waals surface area contributed by atoms with E-state index in [0.29, 0.717) is 29.5 Å². The van der Waals surface area contributed by atoms with E-state index in [1.807, 2.05) is 32.8 Å². The van der Waals surface area contributed by atoms with Gasteiger partial charge in [-0.05, 0) is 59.9 Å². The highest BCUT2D eigenvalue weighted by atomic mass is 32.3. The molecule has 0 unspecified atom stereocenters. The van der Waals surface area contributed by atoms with Gasteiger partial charge in [-0.25, -0.2) is 17.4 Å². The van der Waals surface area contributed by atoms with Crippen LogP contribution in [0.4, 0.5) is 16.2 Å². The summed E-state index contributed by atoms with van der Waals surface area (Å²) in [7, 11) is -5.07. The van der Waals surface area contributed by atoms with Crippen LogP contribution in [0.3, 0.4) is 0 Å². The number of sulfone groups is 1. The molecule has 0 aliphatic carbocycles. The van der Waals surface area contributed by atoms with Crippen LogP contribution < -0.4 is 21.7 Å². The average Bonchev–Trinajstić information content (AvgIpc) is 3.21. The fraction of sp³-hybridized carbons (Fsp3) is 0.500. The van der Waals surface area contributed by atoms with Gasteiger partial charge in [0.15, 0.2) is 16.1 Å². The van der Waals surface area contributed by atoms with Gasteiger partial charge in [0.1, 0.15) is 24.4 Å². The number of aliphatic hydroxyl groups excluding tert-OH is 3. The summed E-state index contributed by atoms with van der Waals surface area (Å²) in [5.74, 6) is -1.00. The first-order chi connectivity index (χ1) is 26.0. The molecule has 2 aliphatic heterocycles. The van der Waals surface area contributed by atoms with Crippen LogP contribution in [0.25, 0.3) is 0 Å². The lowest BCUT2D eigenvalue weighted by Gasteiger charge is -2.42. The number of carbonyl (C=O) groups is 1. The number of carbonyl (C=O) groups excluding carboxylic acids is 1. The number of unbranched alkanes of at least 4 members (excludes halogenated alkanes) is 1. The summed E-state index contributed by atoms with van der Waals surface area (Å²) >= 11 is 0. The Bertz CT molecular complexity index is 2000. The molecule has 1 saturated heterocycles. The molecule has 8 atom stereocenters. The van der Waals surface area contributed by atoms with Crippen molar-refractivity contribution in [2.75, 3.05) is 36.7 Å². The summed E-state index contributed by atoms with van der Waals surface area (Å²) in [6.45, 7) is 3.00.